The van der Waals surface area contributed by atoms with Gasteiger partial charge in [-0.25, -0.2) is 9.97 Å². The Kier molecular flexibility index (Phi) is 6.05. The molecule has 2 heterocycles. The molecule has 0 aliphatic carbocycles. The summed E-state index contributed by atoms with van der Waals surface area (Å²) in [6.45, 7) is 2.95. The Morgan fingerprint density at radius 1 is 1.19 bits per heavy atom. The molecule has 0 bridgehead atoms. The van der Waals surface area contributed by atoms with Crippen LogP contribution in [0.15, 0.2) is 36.8 Å². The van der Waals surface area contributed by atoms with Gasteiger partial charge in [-0.15, -0.1) is 0 Å². The number of nitrogens with zero attached hydrogens (tertiary/aromatic N) is 4. The van der Waals surface area contributed by atoms with Crippen LogP contribution in [0.1, 0.15) is 11.3 Å². The highest BCUT2D eigenvalue weighted by Gasteiger charge is 2.05. The van der Waals surface area contributed by atoms with Crippen LogP contribution in [0, 0.1) is 0 Å². The van der Waals surface area contributed by atoms with Gasteiger partial charge in [0.1, 0.15) is 0 Å². The fraction of sp³-hybridized carbons (Fsp3) is 0.400. The number of hydrogen-bond donors (Lipinski definition) is 1. The third kappa shape index (κ3) is 5.09. The van der Waals surface area contributed by atoms with E-state index in [1.807, 2.05) is 42.5 Å². The van der Waals surface area contributed by atoms with Crippen LogP contribution in [-0.4, -0.2) is 42.3 Å². The van der Waals surface area contributed by atoms with Crippen LogP contribution < -0.4 is 10.2 Å². The minimum absolute atomic E-state index is 0.687. The first-order chi connectivity index (χ1) is 10.3. The van der Waals surface area contributed by atoms with Crippen molar-refractivity contribution in [3.8, 4) is 0 Å². The van der Waals surface area contributed by atoms with Gasteiger partial charge in [0, 0.05) is 51.4 Å². The van der Waals surface area contributed by atoms with E-state index in [2.05, 4.69) is 20.3 Å². The summed E-state index contributed by atoms with van der Waals surface area (Å²) < 4.78 is 4.98. The van der Waals surface area contributed by atoms with Crippen LogP contribution in [0.4, 0.5) is 5.95 Å². The standard InChI is InChI=1S/C15H21N5O/c1-20(12-14-5-3-4-6-17-14)15-18-10-13(11-19-15)9-16-7-8-21-2/h3-6,10-11,16H,7-9,12H2,1-2H3. The van der Waals surface area contributed by atoms with Crippen LogP contribution in [0.2, 0.25) is 0 Å². The fourth-order valence-corrected chi connectivity index (χ4v) is 1.85. The van der Waals surface area contributed by atoms with E-state index < -0.39 is 0 Å². The third-order valence-electron chi connectivity index (χ3n) is 2.97. The van der Waals surface area contributed by atoms with Crippen molar-refractivity contribution in [2.45, 2.75) is 13.1 Å². The van der Waals surface area contributed by atoms with Crippen LogP contribution in [0.3, 0.4) is 0 Å². The number of ether oxygens (including phenoxy) is 1. The van der Waals surface area contributed by atoms with E-state index in [1.54, 1.807) is 13.3 Å². The molecule has 2 rings (SSSR count). The normalized spacial score (nSPS) is 10.6. The summed E-state index contributed by atoms with van der Waals surface area (Å²) in [5.41, 5.74) is 2.05. The van der Waals surface area contributed by atoms with Crippen molar-refractivity contribution in [1.29, 1.82) is 0 Å². The molecule has 21 heavy (non-hydrogen) atoms. The molecule has 0 aromatic carbocycles. The van der Waals surface area contributed by atoms with Crippen LogP contribution in [0.25, 0.3) is 0 Å². The molecule has 0 saturated heterocycles. The minimum Gasteiger partial charge on any atom is -0.383 e. The monoisotopic (exact) mass is 287 g/mol. The first-order valence-corrected chi connectivity index (χ1v) is 6.91. The van der Waals surface area contributed by atoms with Crippen molar-refractivity contribution in [3.05, 3.63) is 48.0 Å². The Hall–Kier alpha value is -2.05. The zero-order valence-electron chi connectivity index (χ0n) is 12.5. The second-order valence-corrected chi connectivity index (χ2v) is 4.74. The summed E-state index contributed by atoms with van der Waals surface area (Å²) >= 11 is 0. The SMILES string of the molecule is COCCNCc1cnc(N(C)Cc2ccccn2)nc1. The first-order valence-electron chi connectivity index (χ1n) is 6.91. The lowest BCUT2D eigenvalue weighted by atomic mass is 10.3. The second-order valence-electron chi connectivity index (χ2n) is 4.74. The maximum atomic E-state index is 4.98. The Balaban J connectivity index is 1.86. The zero-order valence-corrected chi connectivity index (χ0v) is 12.5. The van der Waals surface area contributed by atoms with E-state index in [4.69, 9.17) is 4.74 Å². The molecule has 2 aromatic heterocycles. The van der Waals surface area contributed by atoms with E-state index in [0.29, 0.717) is 19.1 Å². The van der Waals surface area contributed by atoms with Gasteiger partial charge in [0.25, 0.3) is 0 Å². The van der Waals surface area contributed by atoms with Crippen molar-refractivity contribution in [3.63, 3.8) is 0 Å². The lowest BCUT2D eigenvalue weighted by molar-refractivity contribution is 0.199. The van der Waals surface area contributed by atoms with E-state index in [0.717, 1.165) is 24.3 Å². The third-order valence-corrected chi connectivity index (χ3v) is 2.97. The average molecular weight is 287 g/mol. The quantitative estimate of drug-likeness (QED) is 0.737. The summed E-state index contributed by atoms with van der Waals surface area (Å²) in [4.78, 5) is 15.1. The molecule has 0 spiro atoms. The fourth-order valence-electron chi connectivity index (χ4n) is 1.85. The van der Waals surface area contributed by atoms with Gasteiger partial charge in [0.15, 0.2) is 0 Å². The first kappa shape index (κ1) is 15.3. The maximum Gasteiger partial charge on any atom is 0.225 e. The molecule has 6 nitrogen and oxygen atoms in total. The summed E-state index contributed by atoms with van der Waals surface area (Å²) in [6.07, 6.45) is 5.48. The number of nitrogens with one attached hydrogen (secondary N) is 1. The molecular formula is C15H21N5O. The molecule has 0 aliphatic rings. The molecule has 2 aromatic rings. The van der Waals surface area contributed by atoms with Crippen molar-refractivity contribution in [2.24, 2.45) is 0 Å². The highest BCUT2D eigenvalue weighted by atomic mass is 16.5. The van der Waals surface area contributed by atoms with Crippen molar-refractivity contribution >= 4 is 5.95 Å². The largest absolute Gasteiger partial charge is 0.383 e. The molecule has 1 N–H and O–H groups in total. The predicted molar refractivity (Wildman–Crippen MR) is 82.0 cm³/mol. The molecular weight excluding hydrogens is 266 g/mol. The molecule has 0 amide bonds. The van der Waals surface area contributed by atoms with E-state index in [-0.39, 0.29) is 0 Å². The molecule has 0 fully saturated rings. The lowest BCUT2D eigenvalue weighted by Crippen LogP contribution is -2.21. The van der Waals surface area contributed by atoms with E-state index >= 15 is 0 Å². The van der Waals surface area contributed by atoms with Gasteiger partial charge in [0.2, 0.25) is 5.95 Å². The van der Waals surface area contributed by atoms with Gasteiger partial charge in [-0.1, -0.05) is 6.07 Å². The van der Waals surface area contributed by atoms with Crippen LogP contribution in [-0.2, 0) is 17.8 Å². The Morgan fingerprint density at radius 2 is 2.00 bits per heavy atom. The van der Waals surface area contributed by atoms with Crippen molar-refractivity contribution < 1.29 is 4.74 Å². The molecule has 0 unspecified atom stereocenters. The molecule has 0 radical (unpaired) electrons. The second kappa shape index (κ2) is 8.28. The van der Waals surface area contributed by atoms with Gasteiger partial charge in [-0.2, -0.15) is 0 Å². The molecule has 6 heteroatoms. The molecule has 0 aliphatic heterocycles. The molecule has 112 valence electrons. The summed E-state index contributed by atoms with van der Waals surface area (Å²) in [5.74, 6) is 0.696. The topological polar surface area (TPSA) is 63.2 Å². The highest BCUT2D eigenvalue weighted by Crippen LogP contribution is 2.08. The zero-order chi connectivity index (χ0) is 14.9. The van der Waals surface area contributed by atoms with Gasteiger partial charge in [-0.3, -0.25) is 4.98 Å². The number of hydrogen-bond acceptors (Lipinski definition) is 6. The number of methoxy groups -OCH3 is 1. The van der Waals surface area contributed by atoms with Gasteiger partial charge < -0.3 is 15.0 Å². The number of anilines is 1. The van der Waals surface area contributed by atoms with Gasteiger partial charge >= 0.3 is 0 Å². The number of aromatic nitrogens is 3. The predicted octanol–water partition coefficient (Wildman–Crippen LogP) is 1.24. The smallest absolute Gasteiger partial charge is 0.225 e. The van der Waals surface area contributed by atoms with Crippen molar-refractivity contribution in [1.82, 2.24) is 20.3 Å². The lowest BCUT2D eigenvalue weighted by Gasteiger charge is -2.16. The maximum absolute atomic E-state index is 4.98. The Morgan fingerprint density at radius 3 is 2.67 bits per heavy atom. The van der Waals surface area contributed by atoms with Gasteiger partial charge in [0.05, 0.1) is 18.8 Å². The average Bonchev–Trinajstić information content (AvgIpc) is 2.53. The summed E-state index contributed by atoms with van der Waals surface area (Å²) in [5, 5.41) is 3.26. The van der Waals surface area contributed by atoms with Gasteiger partial charge in [-0.05, 0) is 12.1 Å². The van der Waals surface area contributed by atoms with E-state index in [9.17, 15) is 0 Å². The molecule has 0 saturated carbocycles. The van der Waals surface area contributed by atoms with Crippen LogP contribution >= 0.6 is 0 Å². The van der Waals surface area contributed by atoms with Crippen molar-refractivity contribution in [2.75, 3.05) is 32.2 Å². The Labute approximate surface area is 125 Å². The minimum atomic E-state index is 0.687. The Bertz CT molecular complexity index is 517. The summed E-state index contributed by atoms with van der Waals surface area (Å²) in [7, 11) is 3.65. The number of rotatable bonds is 8. The summed E-state index contributed by atoms with van der Waals surface area (Å²) in [6, 6.07) is 5.88. The van der Waals surface area contributed by atoms with Crippen LogP contribution in [0.5, 0.6) is 0 Å². The molecule has 0 atom stereocenters. The van der Waals surface area contributed by atoms with E-state index in [1.165, 1.54) is 0 Å². The number of pyridine rings is 1. The highest BCUT2D eigenvalue weighted by molar-refractivity contribution is 5.29.